The number of piperidine rings is 1. The third-order valence-electron chi connectivity index (χ3n) is 5.07. The van der Waals surface area contributed by atoms with Crippen molar-refractivity contribution < 1.29 is 0 Å². The van der Waals surface area contributed by atoms with Gasteiger partial charge in [-0.25, -0.2) is 0 Å². The van der Waals surface area contributed by atoms with Crippen LogP contribution in [0.5, 0.6) is 0 Å². The zero-order valence-electron chi connectivity index (χ0n) is 12.6. The molecule has 0 aromatic rings. The first-order chi connectivity index (χ1) is 9.18. The van der Waals surface area contributed by atoms with Gasteiger partial charge in [0, 0.05) is 12.6 Å². The minimum atomic E-state index is -0.351. The molecule has 1 saturated heterocycles. The molecule has 108 valence electrons. The van der Waals surface area contributed by atoms with E-state index >= 15 is 0 Å². The van der Waals surface area contributed by atoms with Gasteiger partial charge in [0.05, 0.1) is 6.07 Å². The second-order valence-electron chi connectivity index (χ2n) is 6.51. The number of fused-ring (bicyclic) bond motifs is 1. The second-order valence-corrected chi connectivity index (χ2v) is 6.51. The summed E-state index contributed by atoms with van der Waals surface area (Å²) >= 11 is 0. The highest BCUT2D eigenvalue weighted by Gasteiger charge is 2.34. The monoisotopic (exact) mass is 263 g/mol. The van der Waals surface area contributed by atoms with Crippen LogP contribution in [-0.4, -0.2) is 36.1 Å². The first-order valence-corrected chi connectivity index (χ1v) is 8.09. The van der Waals surface area contributed by atoms with Crippen molar-refractivity contribution in [2.75, 3.05) is 19.6 Å². The van der Waals surface area contributed by atoms with Crippen LogP contribution in [0.2, 0.25) is 0 Å². The SMILES string of the molecule is CCNC(C)(C#N)CCN1CCCC2CCCCC21. The molecule has 1 aliphatic carbocycles. The molecule has 2 fully saturated rings. The van der Waals surface area contributed by atoms with Gasteiger partial charge < -0.3 is 4.90 Å². The highest BCUT2D eigenvalue weighted by Crippen LogP contribution is 2.35. The Kier molecular flexibility index (Phi) is 5.24. The maximum atomic E-state index is 9.35. The first kappa shape index (κ1) is 14.8. The average molecular weight is 263 g/mol. The van der Waals surface area contributed by atoms with Crippen molar-refractivity contribution in [1.82, 2.24) is 10.2 Å². The Labute approximate surface area is 118 Å². The smallest absolute Gasteiger partial charge is 0.105 e. The molecule has 0 amide bonds. The topological polar surface area (TPSA) is 39.1 Å². The lowest BCUT2D eigenvalue weighted by Gasteiger charge is -2.45. The Bertz CT molecular complexity index is 320. The van der Waals surface area contributed by atoms with E-state index in [1.165, 1.54) is 45.1 Å². The molecular weight excluding hydrogens is 234 g/mol. The van der Waals surface area contributed by atoms with Crippen LogP contribution in [0.3, 0.4) is 0 Å². The zero-order chi connectivity index (χ0) is 13.7. The molecule has 1 heterocycles. The molecule has 2 rings (SSSR count). The van der Waals surface area contributed by atoms with Crippen LogP contribution < -0.4 is 5.32 Å². The molecule has 1 aliphatic heterocycles. The van der Waals surface area contributed by atoms with E-state index in [0.29, 0.717) is 0 Å². The lowest BCUT2D eigenvalue weighted by Crippen LogP contribution is -2.50. The normalized spacial score (nSPS) is 31.2. The number of nitrogens with zero attached hydrogens (tertiary/aromatic N) is 2. The van der Waals surface area contributed by atoms with Crippen molar-refractivity contribution >= 4 is 0 Å². The van der Waals surface area contributed by atoms with E-state index in [-0.39, 0.29) is 5.54 Å². The molecule has 19 heavy (non-hydrogen) atoms. The zero-order valence-corrected chi connectivity index (χ0v) is 12.6. The van der Waals surface area contributed by atoms with Gasteiger partial charge in [0.2, 0.25) is 0 Å². The lowest BCUT2D eigenvalue weighted by atomic mass is 9.78. The molecule has 3 nitrogen and oxygen atoms in total. The maximum Gasteiger partial charge on any atom is 0.105 e. The van der Waals surface area contributed by atoms with Gasteiger partial charge in [0.1, 0.15) is 5.54 Å². The highest BCUT2D eigenvalue weighted by atomic mass is 15.2. The van der Waals surface area contributed by atoms with Crippen molar-refractivity contribution in [1.29, 1.82) is 5.26 Å². The molecule has 0 aromatic heterocycles. The number of rotatable bonds is 5. The predicted octanol–water partition coefficient (Wildman–Crippen LogP) is 2.92. The van der Waals surface area contributed by atoms with Crippen LogP contribution in [0, 0.1) is 17.2 Å². The summed E-state index contributed by atoms with van der Waals surface area (Å²) in [6, 6.07) is 3.27. The van der Waals surface area contributed by atoms with Gasteiger partial charge in [-0.3, -0.25) is 5.32 Å². The van der Waals surface area contributed by atoms with E-state index in [9.17, 15) is 5.26 Å². The highest BCUT2D eigenvalue weighted by molar-refractivity contribution is 5.04. The Hall–Kier alpha value is -0.590. The second kappa shape index (κ2) is 6.72. The van der Waals surface area contributed by atoms with Gasteiger partial charge >= 0.3 is 0 Å². The van der Waals surface area contributed by atoms with E-state index in [2.05, 4.69) is 23.2 Å². The van der Waals surface area contributed by atoms with E-state index in [0.717, 1.165) is 31.5 Å². The van der Waals surface area contributed by atoms with Gasteiger partial charge in [-0.05, 0) is 58.0 Å². The third kappa shape index (κ3) is 3.70. The van der Waals surface area contributed by atoms with Crippen molar-refractivity contribution in [3.63, 3.8) is 0 Å². The van der Waals surface area contributed by atoms with Gasteiger partial charge in [-0.2, -0.15) is 5.26 Å². The van der Waals surface area contributed by atoms with Gasteiger partial charge in [0.15, 0.2) is 0 Å². The van der Waals surface area contributed by atoms with Crippen molar-refractivity contribution in [2.45, 2.75) is 70.4 Å². The summed E-state index contributed by atoms with van der Waals surface area (Å²) in [5.41, 5.74) is -0.351. The van der Waals surface area contributed by atoms with E-state index < -0.39 is 0 Å². The number of hydrogen-bond acceptors (Lipinski definition) is 3. The summed E-state index contributed by atoms with van der Waals surface area (Å²) < 4.78 is 0. The summed E-state index contributed by atoms with van der Waals surface area (Å²) in [6.07, 6.45) is 9.39. The van der Waals surface area contributed by atoms with E-state index in [1.807, 2.05) is 6.92 Å². The fourth-order valence-electron chi connectivity index (χ4n) is 3.95. The molecular formula is C16H29N3. The largest absolute Gasteiger partial charge is 0.300 e. The summed E-state index contributed by atoms with van der Waals surface area (Å²) in [5, 5.41) is 12.7. The number of likely N-dealkylation sites (tertiary alicyclic amines) is 1. The van der Waals surface area contributed by atoms with Crippen LogP contribution in [0.1, 0.15) is 58.8 Å². The minimum absolute atomic E-state index is 0.351. The molecule has 0 bridgehead atoms. The van der Waals surface area contributed by atoms with Crippen molar-refractivity contribution in [3.8, 4) is 6.07 Å². The molecule has 1 N–H and O–H groups in total. The summed E-state index contributed by atoms with van der Waals surface area (Å²) in [4.78, 5) is 2.68. The molecule has 3 atom stereocenters. The van der Waals surface area contributed by atoms with Gasteiger partial charge in [0.25, 0.3) is 0 Å². The van der Waals surface area contributed by atoms with Crippen LogP contribution in [0.15, 0.2) is 0 Å². The fourth-order valence-corrected chi connectivity index (χ4v) is 3.95. The van der Waals surface area contributed by atoms with Crippen molar-refractivity contribution in [2.24, 2.45) is 5.92 Å². The molecule has 2 aliphatic rings. The first-order valence-electron chi connectivity index (χ1n) is 8.09. The fraction of sp³-hybridized carbons (Fsp3) is 0.938. The number of nitriles is 1. The maximum absolute atomic E-state index is 9.35. The van der Waals surface area contributed by atoms with Crippen LogP contribution in [-0.2, 0) is 0 Å². The molecule has 0 radical (unpaired) electrons. The molecule has 0 spiro atoms. The van der Waals surface area contributed by atoms with Crippen molar-refractivity contribution in [3.05, 3.63) is 0 Å². The number of hydrogen-bond donors (Lipinski definition) is 1. The predicted molar refractivity (Wildman–Crippen MR) is 78.9 cm³/mol. The Morgan fingerprint density at radius 1 is 1.26 bits per heavy atom. The Morgan fingerprint density at radius 2 is 2.00 bits per heavy atom. The summed E-state index contributed by atoms with van der Waals surface area (Å²) in [7, 11) is 0. The third-order valence-corrected chi connectivity index (χ3v) is 5.07. The van der Waals surface area contributed by atoms with Crippen LogP contribution in [0.25, 0.3) is 0 Å². The summed E-state index contributed by atoms with van der Waals surface area (Å²) in [5.74, 6) is 0.940. The van der Waals surface area contributed by atoms with Crippen LogP contribution in [0.4, 0.5) is 0 Å². The van der Waals surface area contributed by atoms with Gasteiger partial charge in [-0.15, -0.1) is 0 Å². The average Bonchev–Trinajstić information content (AvgIpc) is 2.45. The Balaban J connectivity index is 1.89. The molecule has 0 aromatic carbocycles. The van der Waals surface area contributed by atoms with E-state index in [4.69, 9.17) is 0 Å². The Morgan fingerprint density at radius 3 is 2.74 bits per heavy atom. The van der Waals surface area contributed by atoms with Gasteiger partial charge in [-0.1, -0.05) is 19.8 Å². The minimum Gasteiger partial charge on any atom is -0.300 e. The number of nitrogens with one attached hydrogen (secondary N) is 1. The van der Waals surface area contributed by atoms with E-state index in [1.54, 1.807) is 0 Å². The molecule has 1 saturated carbocycles. The standard InChI is InChI=1S/C16H29N3/c1-3-18-16(2,13-17)10-12-19-11-6-8-14-7-4-5-9-15(14)19/h14-15,18H,3-12H2,1-2H3. The lowest BCUT2D eigenvalue weighted by molar-refractivity contribution is 0.0559. The summed E-state index contributed by atoms with van der Waals surface area (Å²) in [6.45, 7) is 7.32. The quantitative estimate of drug-likeness (QED) is 0.829. The van der Waals surface area contributed by atoms with Crippen LogP contribution >= 0.6 is 0 Å². The molecule has 3 unspecified atom stereocenters. The molecule has 3 heteroatoms.